The monoisotopic (exact) mass is 306 g/mol. The van der Waals surface area contributed by atoms with Gasteiger partial charge in [-0.25, -0.2) is 0 Å². The van der Waals surface area contributed by atoms with Gasteiger partial charge in [0.2, 0.25) is 0 Å². The zero-order chi connectivity index (χ0) is 15.3. The van der Waals surface area contributed by atoms with Gasteiger partial charge in [-0.05, 0) is 41.8 Å². The number of hydrogen-bond acceptors (Lipinski definition) is 3. The average Bonchev–Trinajstić information content (AvgIpc) is 2.94. The van der Waals surface area contributed by atoms with Crippen molar-refractivity contribution in [1.82, 2.24) is 4.90 Å². The molecule has 0 unspecified atom stereocenters. The molecule has 0 saturated heterocycles. The van der Waals surface area contributed by atoms with Gasteiger partial charge in [0.15, 0.2) is 0 Å². The van der Waals surface area contributed by atoms with E-state index in [0.29, 0.717) is 6.54 Å². The molecule has 0 spiro atoms. The van der Waals surface area contributed by atoms with Gasteiger partial charge in [-0.2, -0.15) is 0 Å². The predicted octanol–water partition coefficient (Wildman–Crippen LogP) is 3.92. The van der Waals surface area contributed by atoms with E-state index in [4.69, 9.17) is 21.8 Å². The van der Waals surface area contributed by atoms with Gasteiger partial charge in [-0.3, -0.25) is 4.90 Å². The summed E-state index contributed by atoms with van der Waals surface area (Å²) in [6.07, 6.45) is 1.71. The molecular formula is C17H23ClN2O. The summed E-state index contributed by atoms with van der Waals surface area (Å²) in [6.45, 7) is 7.56. The summed E-state index contributed by atoms with van der Waals surface area (Å²) in [5.41, 5.74) is 7.18. The highest BCUT2D eigenvalue weighted by atomic mass is 35.5. The normalized spacial score (nSPS) is 12.0. The van der Waals surface area contributed by atoms with Crippen LogP contribution in [0, 0.1) is 5.41 Å². The molecular weight excluding hydrogens is 284 g/mol. The Kier molecular flexibility index (Phi) is 5.45. The molecule has 0 saturated carbocycles. The Labute approximate surface area is 131 Å². The van der Waals surface area contributed by atoms with Crippen molar-refractivity contribution >= 4 is 11.6 Å². The molecule has 1 heterocycles. The second-order valence-electron chi connectivity index (χ2n) is 6.22. The maximum absolute atomic E-state index is 5.95. The van der Waals surface area contributed by atoms with E-state index in [-0.39, 0.29) is 5.41 Å². The standard InChI is InChI=1S/C17H23ClN2O/c1-17(2,12-19)13-20(11-16-4-3-9-21-16)10-14-5-7-15(18)8-6-14/h3-9H,10-13,19H2,1-2H3. The molecule has 1 aromatic heterocycles. The zero-order valence-electron chi connectivity index (χ0n) is 12.7. The topological polar surface area (TPSA) is 42.4 Å². The van der Waals surface area contributed by atoms with Crippen molar-refractivity contribution in [2.45, 2.75) is 26.9 Å². The van der Waals surface area contributed by atoms with E-state index in [1.165, 1.54) is 5.56 Å². The first-order valence-electron chi connectivity index (χ1n) is 7.18. The van der Waals surface area contributed by atoms with Crippen LogP contribution in [0.3, 0.4) is 0 Å². The van der Waals surface area contributed by atoms with Gasteiger partial charge in [-0.15, -0.1) is 0 Å². The molecule has 0 aliphatic heterocycles. The lowest BCUT2D eigenvalue weighted by Crippen LogP contribution is -2.38. The molecule has 0 aliphatic rings. The van der Waals surface area contributed by atoms with E-state index in [1.807, 2.05) is 24.3 Å². The third kappa shape index (κ3) is 5.20. The minimum absolute atomic E-state index is 0.0685. The van der Waals surface area contributed by atoms with E-state index < -0.39 is 0 Å². The molecule has 2 aromatic rings. The molecule has 1 aromatic carbocycles. The Hall–Kier alpha value is -1.29. The third-order valence-corrected chi connectivity index (χ3v) is 3.74. The molecule has 21 heavy (non-hydrogen) atoms. The molecule has 0 aliphatic carbocycles. The molecule has 0 amide bonds. The van der Waals surface area contributed by atoms with Crippen LogP contribution in [0.25, 0.3) is 0 Å². The van der Waals surface area contributed by atoms with Crippen LogP contribution < -0.4 is 5.73 Å². The van der Waals surface area contributed by atoms with Gasteiger partial charge >= 0.3 is 0 Å². The maximum Gasteiger partial charge on any atom is 0.117 e. The first-order chi connectivity index (χ1) is 9.98. The fourth-order valence-corrected chi connectivity index (χ4v) is 2.43. The van der Waals surface area contributed by atoms with Crippen LogP contribution in [-0.4, -0.2) is 18.0 Å². The predicted molar refractivity (Wildman–Crippen MR) is 87.1 cm³/mol. The largest absolute Gasteiger partial charge is 0.468 e. The molecule has 0 atom stereocenters. The highest BCUT2D eigenvalue weighted by Crippen LogP contribution is 2.20. The third-order valence-electron chi connectivity index (χ3n) is 3.48. The average molecular weight is 307 g/mol. The van der Waals surface area contributed by atoms with Crippen LogP contribution in [0.5, 0.6) is 0 Å². The summed E-state index contributed by atoms with van der Waals surface area (Å²) in [5, 5.41) is 0.763. The molecule has 0 bridgehead atoms. The van der Waals surface area contributed by atoms with Gasteiger partial charge in [0, 0.05) is 18.1 Å². The lowest BCUT2D eigenvalue weighted by Gasteiger charge is -2.31. The Morgan fingerprint density at radius 1 is 1.14 bits per heavy atom. The van der Waals surface area contributed by atoms with Crippen molar-refractivity contribution in [2.24, 2.45) is 11.1 Å². The molecule has 2 rings (SSSR count). The number of furan rings is 1. The van der Waals surface area contributed by atoms with E-state index in [2.05, 4.69) is 30.9 Å². The zero-order valence-corrected chi connectivity index (χ0v) is 13.4. The SMILES string of the molecule is CC(C)(CN)CN(Cc1ccc(Cl)cc1)Cc1ccco1. The van der Waals surface area contributed by atoms with Crippen LogP contribution >= 0.6 is 11.6 Å². The van der Waals surface area contributed by atoms with Crippen LogP contribution in [0.4, 0.5) is 0 Å². The summed E-state index contributed by atoms with van der Waals surface area (Å²) in [5.74, 6) is 0.969. The van der Waals surface area contributed by atoms with E-state index in [0.717, 1.165) is 30.4 Å². The lowest BCUT2D eigenvalue weighted by atomic mass is 9.93. The van der Waals surface area contributed by atoms with Crippen LogP contribution in [0.2, 0.25) is 5.02 Å². The summed E-state index contributed by atoms with van der Waals surface area (Å²) < 4.78 is 5.47. The molecule has 114 valence electrons. The summed E-state index contributed by atoms with van der Waals surface area (Å²) in [7, 11) is 0. The van der Waals surface area contributed by atoms with Crippen molar-refractivity contribution < 1.29 is 4.42 Å². The van der Waals surface area contributed by atoms with Gasteiger partial charge < -0.3 is 10.2 Å². The summed E-state index contributed by atoms with van der Waals surface area (Å²) in [6, 6.07) is 11.9. The van der Waals surface area contributed by atoms with E-state index in [1.54, 1.807) is 6.26 Å². The number of halogens is 1. The highest BCUT2D eigenvalue weighted by molar-refractivity contribution is 6.30. The number of benzene rings is 1. The molecule has 2 N–H and O–H groups in total. The number of hydrogen-bond donors (Lipinski definition) is 1. The van der Waals surface area contributed by atoms with E-state index >= 15 is 0 Å². The quantitative estimate of drug-likeness (QED) is 0.843. The highest BCUT2D eigenvalue weighted by Gasteiger charge is 2.21. The summed E-state index contributed by atoms with van der Waals surface area (Å²) >= 11 is 5.95. The molecule has 3 nitrogen and oxygen atoms in total. The minimum atomic E-state index is 0.0685. The second kappa shape index (κ2) is 7.12. The first kappa shape index (κ1) is 16.1. The van der Waals surface area contributed by atoms with Crippen LogP contribution in [-0.2, 0) is 13.1 Å². The second-order valence-corrected chi connectivity index (χ2v) is 6.66. The number of rotatable bonds is 7. The molecule has 4 heteroatoms. The van der Waals surface area contributed by atoms with Crippen molar-refractivity contribution in [2.75, 3.05) is 13.1 Å². The summed E-state index contributed by atoms with van der Waals surface area (Å²) in [4.78, 5) is 2.36. The number of nitrogens with zero attached hydrogens (tertiary/aromatic N) is 1. The van der Waals surface area contributed by atoms with Gasteiger partial charge in [0.25, 0.3) is 0 Å². The van der Waals surface area contributed by atoms with E-state index in [9.17, 15) is 0 Å². The Morgan fingerprint density at radius 3 is 2.43 bits per heavy atom. The molecule has 0 radical (unpaired) electrons. The lowest BCUT2D eigenvalue weighted by molar-refractivity contribution is 0.158. The minimum Gasteiger partial charge on any atom is -0.468 e. The smallest absolute Gasteiger partial charge is 0.117 e. The van der Waals surface area contributed by atoms with Crippen molar-refractivity contribution in [3.05, 3.63) is 59.0 Å². The fraction of sp³-hybridized carbons (Fsp3) is 0.412. The first-order valence-corrected chi connectivity index (χ1v) is 7.55. The van der Waals surface area contributed by atoms with Gasteiger partial charge in [-0.1, -0.05) is 37.6 Å². The fourth-order valence-electron chi connectivity index (χ4n) is 2.31. The van der Waals surface area contributed by atoms with Crippen molar-refractivity contribution in [3.63, 3.8) is 0 Å². The van der Waals surface area contributed by atoms with Crippen molar-refractivity contribution in [3.8, 4) is 0 Å². The van der Waals surface area contributed by atoms with Gasteiger partial charge in [0.1, 0.15) is 5.76 Å². The Balaban J connectivity index is 2.09. The maximum atomic E-state index is 5.95. The van der Waals surface area contributed by atoms with Crippen LogP contribution in [0.15, 0.2) is 47.1 Å². The van der Waals surface area contributed by atoms with Crippen molar-refractivity contribution in [1.29, 1.82) is 0 Å². The molecule has 0 fully saturated rings. The van der Waals surface area contributed by atoms with Gasteiger partial charge in [0.05, 0.1) is 12.8 Å². The van der Waals surface area contributed by atoms with Crippen LogP contribution in [0.1, 0.15) is 25.2 Å². The Bertz CT molecular complexity index is 534. The Morgan fingerprint density at radius 2 is 1.86 bits per heavy atom. The number of nitrogens with two attached hydrogens (primary N) is 1.